The van der Waals surface area contributed by atoms with Gasteiger partial charge in [0.25, 0.3) is 0 Å². The van der Waals surface area contributed by atoms with Crippen molar-refractivity contribution in [1.82, 2.24) is 5.32 Å². The minimum atomic E-state index is 0.159. The van der Waals surface area contributed by atoms with Crippen LogP contribution in [0.1, 0.15) is 25.8 Å². The maximum atomic E-state index is 3.69. The first-order chi connectivity index (χ1) is 7.96. The second kappa shape index (κ2) is 4.62. The van der Waals surface area contributed by atoms with Crippen LogP contribution in [0.3, 0.4) is 0 Å². The van der Waals surface area contributed by atoms with E-state index >= 15 is 0 Å². The van der Waals surface area contributed by atoms with Crippen molar-refractivity contribution in [2.24, 2.45) is 0 Å². The number of hydrogen-bond donors (Lipinski definition) is 1. The van der Waals surface area contributed by atoms with E-state index < -0.39 is 0 Å². The highest BCUT2D eigenvalue weighted by Gasteiger charge is 2.40. The van der Waals surface area contributed by atoms with Crippen LogP contribution < -0.4 is 10.2 Å². The van der Waals surface area contributed by atoms with Crippen molar-refractivity contribution in [3.05, 3.63) is 28.2 Å². The summed E-state index contributed by atoms with van der Waals surface area (Å²) in [7, 11) is 2.06. The third-order valence-corrected chi connectivity index (χ3v) is 4.57. The zero-order valence-electron chi connectivity index (χ0n) is 11.0. The first-order valence-corrected chi connectivity index (χ1v) is 6.97. The second-order valence-electron chi connectivity index (χ2n) is 5.39. The summed E-state index contributed by atoms with van der Waals surface area (Å²) in [5.41, 5.74) is 2.76. The molecule has 1 atom stereocenters. The molecule has 1 aromatic carbocycles. The van der Waals surface area contributed by atoms with Crippen LogP contribution in [0.2, 0.25) is 0 Å². The Balaban J connectivity index is 2.35. The zero-order valence-corrected chi connectivity index (χ0v) is 12.6. The lowest BCUT2D eigenvalue weighted by Gasteiger charge is -2.38. The van der Waals surface area contributed by atoms with Gasteiger partial charge < -0.3 is 10.2 Å². The number of nitrogens with zero attached hydrogens (tertiary/aromatic N) is 1. The number of hydrogen-bond acceptors (Lipinski definition) is 2. The molecule has 17 heavy (non-hydrogen) atoms. The van der Waals surface area contributed by atoms with Gasteiger partial charge in [-0.3, -0.25) is 0 Å². The SMILES string of the molecule is CNC1CCN(c2ccc(C)cc2Br)C1(C)C. The quantitative estimate of drug-likeness (QED) is 0.900. The number of halogens is 1. The normalized spacial score (nSPS) is 23.1. The van der Waals surface area contributed by atoms with Crippen molar-refractivity contribution in [2.45, 2.75) is 38.8 Å². The van der Waals surface area contributed by atoms with Crippen LogP contribution in [0, 0.1) is 6.92 Å². The molecule has 0 spiro atoms. The molecule has 1 N–H and O–H groups in total. The van der Waals surface area contributed by atoms with Crippen molar-refractivity contribution in [2.75, 3.05) is 18.5 Å². The first kappa shape index (κ1) is 12.9. The van der Waals surface area contributed by atoms with Crippen LogP contribution >= 0.6 is 15.9 Å². The number of likely N-dealkylation sites (N-methyl/N-ethyl adjacent to an activating group) is 1. The smallest absolute Gasteiger partial charge is 0.0515 e. The molecule has 1 aliphatic heterocycles. The van der Waals surface area contributed by atoms with Crippen LogP contribution in [0.4, 0.5) is 5.69 Å². The van der Waals surface area contributed by atoms with Crippen LogP contribution in [-0.4, -0.2) is 25.2 Å². The third-order valence-electron chi connectivity index (χ3n) is 3.93. The van der Waals surface area contributed by atoms with E-state index in [1.54, 1.807) is 0 Å². The molecule has 1 heterocycles. The van der Waals surface area contributed by atoms with Gasteiger partial charge in [-0.1, -0.05) is 6.07 Å². The van der Waals surface area contributed by atoms with Gasteiger partial charge in [-0.2, -0.15) is 0 Å². The molecule has 2 nitrogen and oxygen atoms in total. The molecule has 0 aromatic heterocycles. The molecule has 0 radical (unpaired) electrons. The maximum absolute atomic E-state index is 3.69. The summed E-state index contributed by atoms with van der Waals surface area (Å²) < 4.78 is 1.20. The Labute approximate surface area is 113 Å². The molecule has 1 aliphatic rings. The standard InChI is InChI=1S/C14H21BrN2/c1-10-5-6-12(11(15)9-10)17-8-7-13(16-4)14(17,2)3/h5-6,9,13,16H,7-8H2,1-4H3. The summed E-state index contributed by atoms with van der Waals surface area (Å²) in [4.78, 5) is 2.50. The molecule has 1 saturated heterocycles. The van der Waals surface area contributed by atoms with Crippen LogP contribution in [0.5, 0.6) is 0 Å². The number of anilines is 1. The van der Waals surface area contributed by atoms with Crippen molar-refractivity contribution in [3.63, 3.8) is 0 Å². The predicted molar refractivity (Wildman–Crippen MR) is 77.8 cm³/mol. The monoisotopic (exact) mass is 296 g/mol. The van der Waals surface area contributed by atoms with E-state index in [0.717, 1.165) is 6.54 Å². The molecule has 1 unspecified atom stereocenters. The zero-order chi connectivity index (χ0) is 12.6. The summed E-state index contributed by atoms with van der Waals surface area (Å²) in [6.45, 7) is 7.86. The molecule has 1 aromatic rings. The summed E-state index contributed by atoms with van der Waals surface area (Å²) in [6.07, 6.45) is 1.20. The highest BCUT2D eigenvalue weighted by molar-refractivity contribution is 9.10. The lowest BCUT2D eigenvalue weighted by molar-refractivity contribution is 0.403. The molecule has 0 aliphatic carbocycles. The molecule has 0 bridgehead atoms. The molecular formula is C14H21BrN2. The number of rotatable bonds is 2. The molecule has 1 fully saturated rings. The van der Waals surface area contributed by atoms with Gasteiger partial charge in [0.1, 0.15) is 0 Å². The van der Waals surface area contributed by atoms with Gasteiger partial charge in [0.2, 0.25) is 0 Å². The van der Waals surface area contributed by atoms with Crippen molar-refractivity contribution in [3.8, 4) is 0 Å². The highest BCUT2D eigenvalue weighted by atomic mass is 79.9. The number of aryl methyl sites for hydroxylation is 1. The lowest BCUT2D eigenvalue weighted by Crippen LogP contribution is -2.50. The minimum Gasteiger partial charge on any atom is -0.364 e. The molecular weight excluding hydrogens is 276 g/mol. The third kappa shape index (κ3) is 2.23. The van der Waals surface area contributed by atoms with Gasteiger partial charge in [0.15, 0.2) is 0 Å². The average Bonchev–Trinajstić information content (AvgIpc) is 2.54. The van der Waals surface area contributed by atoms with E-state index in [2.05, 4.69) is 72.2 Å². The second-order valence-corrected chi connectivity index (χ2v) is 6.24. The molecule has 2 rings (SSSR count). The average molecular weight is 297 g/mol. The van der Waals surface area contributed by atoms with Crippen LogP contribution in [0.15, 0.2) is 22.7 Å². The van der Waals surface area contributed by atoms with Crippen molar-refractivity contribution < 1.29 is 0 Å². The first-order valence-electron chi connectivity index (χ1n) is 6.18. The van der Waals surface area contributed by atoms with Gasteiger partial charge in [0, 0.05) is 22.6 Å². The Bertz CT molecular complexity index is 415. The van der Waals surface area contributed by atoms with Crippen molar-refractivity contribution >= 4 is 21.6 Å². The summed E-state index contributed by atoms with van der Waals surface area (Å²) in [6, 6.07) is 7.15. The Morgan fingerprint density at radius 2 is 2.12 bits per heavy atom. The van der Waals surface area contributed by atoms with Gasteiger partial charge in [-0.05, 0) is 67.9 Å². The summed E-state index contributed by atoms with van der Waals surface area (Å²) in [5, 5.41) is 3.43. The van der Waals surface area contributed by atoms with Crippen LogP contribution in [-0.2, 0) is 0 Å². The fourth-order valence-corrected chi connectivity index (χ4v) is 3.55. The van der Waals surface area contributed by atoms with E-state index in [1.807, 2.05) is 0 Å². The molecule has 3 heteroatoms. The van der Waals surface area contributed by atoms with Gasteiger partial charge in [-0.15, -0.1) is 0 Å². The van der Waals surface area contributed by atoms with E-state index in [1.165, 1.54) is 22.1 Å². The van der Waals surface area contributed by atoms with Gasteiger partial charge >= 0.3 is 0 Å². The Hall–Kier alpha value is -0.540. The Morgan fingerprint density at radius 1 is 1.41 bits per heavy atom. The van der Waals surface area contributed by atoms with E-state index in [0.29, 0.717) is 6.04 Å². The lowest BCUT2D eigenvalue weighted by atomic mass is 9.95. The van der Waals surface area contributed by atoms with E-state index in [-0.39, 0.29) is 5.54 Å². The predicted octanol–water partition coefficient (Wildman–Crippen LogP) is 3.33. The molecule has 0 amide bonds. The molecule has 94 valence electrons. The van der Waals surface area contributed by atoms with E-state index in [4.69, 9.17) is 0 Å². The van der Waals surface area contributed by atoms with E-state index in [9.17, 15) is 0 Å². The number of nitrogens with one attached hydrogen (secondary N) is 1. The topological polar surface area (TPSA) is 15.3 Å². The largest absolute Gasteiger partial charge is 0.364 e. The Kier molecular flexibility index (Phi) is 3.50. The number of benzene rings is 1. The van der Waals surface area contributed by atoms with Gasteiger partial charge in [0.05, 0.1) is 5.69 Å². The van der Waals surface area contributed by atoms with Crippen LogP contribution in [0.25, 0.3) is 0 Å². The van der Waals surface area contributed by atoms with Crippen molar-refractivity contribution in [1.29, 1.82) is 0 Å². The Morgan fingerprint density at radius 3 is 2.65 bits per heavy atom. The minimum absolute atomic E-state index is 0.159. The highest BCUT2D eigenvalue weighted by Crippen LogP contribution is 2.38. The summed E-state index contributed by atoms with van der Waals surface area (Å²) >= 11 is 3.69. The van der Waals surface area contributed by atoms with Gasteiger partial charge in [-0.25, -0.2) is 0 Å². The molecule has 0 saturated carbocycles. The maximum Gasteiger partial charge on any atom is 0.0515 e. The fraction of sp³-hybridized carbons (Fsp3) is 0.571. The summed E-state index contributed by atoms with van der Waals surface area (Å²) in [5.74, 6) is 0. The fourth-order valence-electron chi connectivity index (χ4n) is 2.85.